The average Bonchev–Trinajstić information content (AvgIpc) is 2.81. The molecule has 6 heteroatoms. The molecule has 0 bridgehead atoms. The molecule has 1 saturated heterocycles. The Labute approximate surface area is 139 Å². The molecule has 3 nitrogen and oxygen atoms in total. The van der Waals surface area contributed by atoms with Crippen molar-refractivity contribution in [3.63, 3.8) is 0 Å². The molecular weight excluding hydrogens is 313 g/mol. The number of likely N-dealkylation sites (tertiary alicyclic amines) is 1. The highest BCUT2D eigenvalue weighted by Gasteiger charge is 2.22. The molecule has 1 unspecified atom stereocenters. The maximum Gasteiger partial charge on any atom is 0.0954 e. The number of nitrogens with two attached hydrogens (primary N) is 1. The van der Waals surface area contributed by atoms with Gasteiger partial charge in [-0.3, -0.25) is 4.90 Å². The zero-order valence-corrected chi connectivity index (χ0v) is 14.8. The second-order valence-corrected chi connectivity index (χ2v) is 6.42. The minimum atomic E-state index is 0. The number of thiazole rings is 1. The Balaban J connectivity index is 0.00000180. The van der Waals surface area contributed by atoms with Crippen LogP contribution >= 0.6 is 36.2 Å². The second kappa shape index (κ2) is 9.96. The minimum Gasteiger partial charge on any atom is -0.330 e. The third-order valence-electron chi connectivity index (χ3n) is 3.68. The molecule has 0 spiro atoms. The molecule has 1 fully saturated rings. The van der Waals surface area contributed by atoms with Crippen LogP contribution in [0.1, 0.15) is 56.2 Å². The molecule has 0 aromatic carbocycles. The van der Waals surface area contributed by atoms with E-state index in [1.807, 2.05) is 0 Å². The summed E-state index contributed by atoms with van der Waals surface area (Å²) in [7, 11) is 0. The van der Waals surface area contributed by atoms with Crippen molar-refractivity contribution in [3.8, 4) is 0 Å². The van der Waals surface area contributed by atoms with Gasteiger partial charge in [-0.25, -0.2) is 4.98 Å². The zero-order valence-electron chi connectivity index (χ0n) is 12.4. The summed E-state index contributed by atoms with van der Waals surface area (Å²) in [6, 6.07) is 0.674. The molecule has 1 aromatic heterocycles. The largest absolute Gasteiger partial charge is 0.330 e. The Bertz CT molecular complexity index is 369. The van der Waals surface area contributed by atoms with E-state index in [1.165, 1.54) is 36.5 Å². The monoisotopic (exact) mass is 339 g/mol. The lowest BCUT2D eigenvalue weighted by Crippen LogP contribution is -2.40. The zero-order chi connectivity index (χ0) is 13.0. The van der Waals surface area contributed by atoms with E-state index < -0.39 is 0 Å². The third-order valence-corrected chi connectivity index (χ3v) is 4.87. The fourth-order valence-electron chi connectivity index (χ4n) is 2.66. The average molecular weight is 340 g/mol. The van der Waals surface area contributed by atoms with Crippen LogP contribution in [-0.4, -0.2) is 29.0 Å². The summed E-state index contributed by atoms with van der Waals surface area (Å²) in [5.74, 6) is 0.546. The second-order valence-electron chi connectivity index (χ2n) is 5.53. The van der Waals surface area contributed by atoms with Gasteiger partial charge in [0.15, 0.2) is 0 Å². The van der Waals surface area contributed by atoms with Gasteiger partial charge >= 0.3 is 0 Å². The highest BCUT2D eigenvalue weighted by Crippen LogP contribution is 2.24. The van der Waals surface area contributed by atoms with E-state index in [1.54, 1.807) is 11.3 Å². The molecule has 0 radical (unpaired) electrons. The summed E-state index contributed by atoms with van der Waals surface area (Å²) in [4.78, 5) is 7.32. The Kier molecular flexibility index (Phi) is 10.0. The van der Waals surface area contributed by atoms with Crippen molar-refractivity contribution in [1.82, 2.24) is 9.88 Å². The Morgan fingerprint density at radius 1 is 1.40 bits per heavy atom. The summed E-state index contributed by atoms with van der Waals surface area (Å²) in [5, 5.41) is 3.49. The molecule has 0 saturated carbocycles. The number of nitrogens with zero attached hydrogens (tertiary/aromatic N) is 2. The summed E-state index contributed by atoms with van der Waals surface area (Å²) >= 11 is 1.80. The first kappa shape index (κ1) is 20.1. The fourth-order valence-corrected chi connectivity index (χ4v) is 3.48. The van der Waals surface area contributed by atoms with Gasteiger partial charge in [0.2, 0.25) is 0 Å². The summed E-state index contributed by atoms with van der Waals surface area (Å²) in [5.41, 5.74) is 6.96. The number of halogens is 2. The predicted molar refractivity (Wildman–Crippen MR) is 92.4 cm³/mol. The van der Waals surface area contributed by atoms with Crippen LogP contribution in [-0.2, 0) is 6.54 Å². The van der Waals surface area contributed by atoms with Crippen LogP contribution in [0, 0.1) is 0 Å². The first-order chi connectivity index (χ1) is 8.70. The van der Waals surface area contributed by atoms with Crippen LogP contribution in [0.4, 0.5) is 0 Å². The Morgan fingerprint density at radius 2 is 2.15 bits per heavy atom. The molecule has 118 valence electrons. The first-order valence-electron chi connectivity index (χ1n) is 7.09. The van der Waals surface area contributed by atoms with E-state index in [2.05, 4.69) is 24.1 Å². The van der Waals surface area contributed by atoms with Crippen LogP contribution in [0.5, 0.6) is 0 Å². The van der Waals surface area contributed by atoms with Crippen LogP contribution in [0.25, 0.3) is 0 Å². The van der Waals surface area contributed by atoms with E-state index >= 15 is 0 Å². The topological polar surface area (TPSA) is 42.2 Å². The van der Waals surface area contributed by atoms with Gasteiger partial charge < -0.3 is 5.73 Å². The number of rotatable bonds is 5. The van der Waals surface area contributed by atoms with Crippen LogP contribution in [0.15, 0.2) is 5.38 Å². The lowest BCUT2D eigenvalue weighted by Gasteiger charge is -2.35. The molecule has 2 heterocycles. The molecule has 2 rings (SSSR count). The van der Waals surface area contributed by atoms with Gasteiger partial charge in [0.1, 0.15) is 0 Å². The molecule has 0 aliphatic carbocycles. The summed E-state index contributed by atoms with van der Waals surface area (Å²) in [6.07, 6.45) is 5.11. The van der Waals surface area contributed by atoms with Gasteiger partial charge in [0.25, 0.3) is 0 Å². The highest BCUT2D eigenvalue weighted by atomic mass is 35.5. The van der Waals surface area contributed by atoms with Crippen molar-refractivity contribution in [2.75, 3.05) is 13.1 Å². The standard InChI is InChI=1S/C14H25N3S.2ClH/c1-11(2)14-16-12(10-18-14)9-17-8-4-3-5-13(17)6-7-15;;/h10-11,13H,3-9,15H2,1-2H3;2*1H. The predicted octanol–water partition coefficient (Wildman–Crippen LogP) is 3.81. The van der Waals surface area contributed by atoms with Crippen molar-refractivity contribution in [3.05, 3.63) is 16.1 Å². The van der Waals surface area contributed by atoms with Crippen molar-refractivity contribution in [2.24, 2.45) is 5.73 Å². The van der Waals surface area contributed by atoms with E-state index in [-0.39, 0.29) is 24.8 Å². The Hall–Kier alpha value is 0.130. The maximum atomic E-state index is 5.72. The molecule has 20 heavy (non-hydrogen) atoms. The smallest absolute Gasteiger partial charge is 0.0954 e. The van der Waals surface area contributed by atoms with Gasteiger partial charge in [0.05, 0.1) is 10.7 Å². The van der Waals surface area contributed by atoms with Crippen LogP contribution < -0.4 is 5.73 Å². The van der Waals surface area contributed by atoms with E-state index in [4.69, 9.17) is 10.7 Å². The molecule has 1 aromatic rings. The Morgan fingerprint density at radius 3 is 2.75 bits per heavy atom. The van der Waals surface area contributed by atoms with Gasteiger partial charge in [0, 0.05) is 23.9 Å². The van der Waals surface area contributed by atoms with E-state index in [0.717, 1.165) is 19.5 Å². The van der Waals surface area contributed by atoms with Gasteiger partial charge in [-0.2, -0.15) is 0 Å². The molecular formula is C14H27Cl2N3S. The van der Waals surface area contributed by atoms with Gasteiger partial charge in [-0.15, -0.1) is 36.2 Å². The molecule has 1 atom stereocenters. The molecule has 0 amide bonds. The molecule has 1 aliphatic rings. The summed E-state index contributed by atoms with van der Waals surface area (Å²) < 4.78 is 0. The number of piperidine rings is 1. The minimum absolute atomic E-state index is 0. The van der Waals surface area contributed by atoms with E-state index in [0.29, 0.717) is 12.0 Å². The van der Waals surface area contributed by atoms with Crippen molar-refractivity contribution < 1.29 is 0 Å². The van der Waals surface area contributed by atoms with Crippen molar-refractivity contribution >= 4 is 36.2 Å². The molecule has 1 aliphatic heterocycles. The van der Waals surface area contributed by atoms with Crippen molar-refractivity contribution in [2.45, 2.75) is 58.0 Å². The lowest BCUT2D eigenvalue weighted by molar-refractivity contribution is 0.132. The lowest BCUT2D eigenvalue weighted by atomic mass is 9.99. The molecule has 2 N–H and O–H groups in total. The third kappa shape index (κ3) is 5.49. The number of hydrogen-bond acceptors (Lipinski definition) is 4. The van der Waals surface area contributed by atoms with Crippen molar-refractivity contribution in [1.29, 1.82) is 0 Å². The van der Waals surface area contributed by atoms with Gasteiger partial charge in [-0.05, 0) is 32.4 Å². The summed E-state index contributed by atoms with van der Waals surface area (Å²) in [6.45, 7) is 7.43. The van der Waals surface area contributed by atoms with Crippen LogP contribution in [0.2, 0.25) is 0 Å². The maximum absolute atomic E-state index is 5.72. The van der Waals surface area contributed by atoms with E-state index in [9.17, 15) is 0 Å². The first-order valence-corrected chi connectivity index (χ1v) is 7.97. The fraction of sp³-hybridized carbons (Fsp3) is 0.786. The SMILES string of the molecule is CC(C)c1nc(CN2CCCCC2CCN)cs1.Cl.Cl. The van der Waals surface area contributed by atoms with Crippen LogP contribution in [0.3, 0.4) is 0 Å². The quantitative estimate of drug-likeness (QED) is 0.886. The van der Waals surface area contributed by atoms with Gasteiger partial charge in [-0.1, -0.05) is 20.3 Å². The normalized spacial score (nSPS) is 19.5. The highest BCUT2D eigenvalue weighted by molar-refractivity contribution is 7.09. The number of aromatic nitrogens is 1. The number of hydrogen-bond donors (Lipinski definition) is 1.